The lowest BCUT2D eigenvalue weighted by Crippen LogP contribution is -2.23. The van der Waals surface area contributed by atoms with Crippen molar-refractivity contribution in [3.8, 4) is 0 Å². The van der Waals surface area contributed by atoms with Crippen LogP contribution in [-0.4, -0.2) is 15.3 Å². The first-order chi connectivity index (χ1) is 6.57. The van der Waals surface area contributed by atoms with Crippen molar-refractivity contribution in [3.05, 3.63) is 5.01 Å². The Labute approximate surface area is 84.5 Å². The Kier molecular flexibility index (Phi) is 2.38. The molecule has 0 spiro atoms. The molecule has 1 fully saturated rings. The molecule has 0 unspecified atom stereocenters. The van der Waals surface area contributed by atoms with Crippen LogP contribution in [0.5, 0.6) is 0 Å². The SMILES string of the molecule is Nc1nsc(C2CCC(F)(F)CC2)n1. The molecule has 0 radical (unpaired) electrons. The molecule has 0 amide bonds. The minimum atomic E-state index is -2.48. The van der Waals surface area contributed by atoms with Gasteiger partial charge in [0.25, 0.3) is 0 Å². The van der Waals surface area contributed by atoms with Crippen molar-refractivity contribution in [2.45, 2.75) is 37.5 Å². The Hall–Kier alpha value is -0.780. The third-order valence-electron chi connectivity index (χ3n) is 2.52. The number of anilines is 1. The van der Waals surface area contributed by atoms with Crippen LogP contribution in [0, 0.1) is 0 Å². The molecular weight excluding hydrogens is 208 g/mol. The van der Waals surface area contributed by atoms with Crippen molar-refractivity contribution in [1.29, 1.82) is 0 Å². The zero-order chi connectivity index (χ0) is 10.2. The van der Waals surface area contributed by atoms with E-state index in [4.69, 9.17) is 5.73 Å². The van der Waals surface area contributed by atoms with E-state index in [2.05, 4.69) is 9.36 Å². The van der Waals surface area contributed by atoms with Crippen LogP contribution < -0.4 is 5.73 Å². The minimum Gasteiger partial charge on any atom is -0.367 e. The van der Waals surface area contributed by atoms with Crippen LogP contribution in [0.1, 0.15) is 36.6 Å². The van der Waals surface area contributed by atoms with Crippen molar-refractivity contribution < 1.29 is 8.78 Å². The van der Waals surface area contributed by atoms with Crippen molar-refractivity contribution in [1.82, 2.24) is 9.36 Å². The van der Waals surface area contributed by atoms with Crippen LogP contribution in [0.15, 0.2) is 0 Å². The molecule has 3 nitrogen and oxygen atoms in total. The van der Waals surface area contributed by atoms with E-state index in [1.54, 1.807) is 0 Å². The van der Waals surface area contributed by atoms with Crippen LogP contribution in [0.4, 0.5) is 14.7 Å². The first-order valence-corrected chi connectivity index (χ1v) is 5.31. The number of aromatic nitrogens is 2. The normalized spacial score (nSPS) is 22.4. The lowest BCUT2D eigenvalue weighted by atomic mass is 9.87. The molecule has 78 valence electrons. The van der Waals surface area contributed by atoms with E-state index in [0.29, 0.717) is 12.8 Å². The molecule has 0 aromatic carbocycles. The number of alkyl halides is 2. The van der Waals surface area contributed by atoms with E-state index in [1.807, 2.05) is 0 Å². The summed E-state index contributed by atoms with van der Waals surface area (Å²) in [4.78, 5) is 4.02. The van der Waals surface area contributed by atoms with Gasteiger partial charge in [0.05, 0.1) is 0 Å². The minimum absolute atomic E-state index is 0.0445. The zero-order valence-electron chi connectivity index (χ0n) is 7.54. The molecule has 0 saturated heterocycles. The average molecular weight is 219 g/mol. The molecule has 1 aliphatic rings. The van der Waals surface area contributed by atoms with Crippen LogP contribution in [0.2, 0.25) is 0 Å². The lowest BCUT2D eigenvalue weighted by Gasteiger charge is -2.26. The summed E-state index contributed by atoms with van der Waals surface area (Å²) < 4.78 is 29.5. The third-order valence-corrected chi connectivity index (χ3v) is 3.41. The fourth-order valence-electron chi connectivity index (χ4n) is 1.70. The van der Waals surface area contributed by atoms with Crippen molar-refractivity contribution in [2.24, 2.45) is 0 Å². The van der Waals surface area contributed by atoms with Gasteiger partial charge in [-0.05, 0) is 24.4 Å². The summed E-state index contributed by atoms with van der Waals surface area (Å²) in [5.74, 6) is -2.10. The first-order valence-electron chi connectivity index (χ1n) is 4.54. The van der Waals surface area contributed by atoms with Crippen LogP contribution >= 0.6 is 11.5 Å². The summed E-state index contributed by atoms with van der Waals surface area (Å²) in [6.07, 6.45) is 0.886. The predicted molar refractivity (Wildman–Crippen MR) is 50.5 cm³/mol. The van der Waals surface area contributed by atoms with E-state index >= 15 is 0 Å². The van der Waals surface area contributed by atoms with Gasteiger partial charge in [0.1, 0.15) is 5.01 Å². The highest BCUT2D eigenvalue weighted by Crippen LogP contribution is 2.41. The summed E-state index contributed by atoms with van der Waals surface area (Å²) in [5.41, 5.74) is 5.38. The van der Waals surface area contributed by atoms with Gasteiger partial charge < -0.3 is 5.73 Å². The molecule has 1 heterocycles. The average Bonchev–Trinajstić information content (AvgIpc) is 2.52. The number of nitrogens with zero attached hydrogens (tertiary/aromatic N) is 2. The van der Waals surface area contributed by atoms with Gasteiger partial charge in [-0.25, -0.2) is 13.8 Å². The van der Waals surface area contributed by atoms with Gasteiger partial charge in [-0.3, -0.25) is 0 Å². The van der Waals surface area contributed by atoms with Crippen molar-refractivity contribution in [3.63, 3.8) is 0 Å². The summed E-state index contributed by atoms with van der Waals surface area (Å²) in [5, 5.41) is 0.804. The highest BCUT2D eigenvalue weighted by atomic mass is 32.1. The maximum atomic E-state index is 12.8. The Bertz CT molecular complexity index is 316. The number of hydrogen-bond donors (Lipinski definition) is 1. The Morgan fingerprint density at radius 2 is 2.00 bits per heavy atom. The second-order valence-electron chi connectivity index (χ2n) is 3.62. The number of rotatable bonds is 1. The van der Waals surface area contributed by atoms with Gasteiger partial charge >= 0.3 is 0 Å². The second-order valence-corrected chi connectivity index (χ2v) is 4.40. The molecule has 0 atom stereocenters. The molecule has 1 aromatic heterocycles. The number of hydrogen-bond acceptors (Lipinski definition) is 4. The predicted octanol–water partition coefficient (Wildman–Crippen LogP) is 2.41. The molecule has 0 aliphatic heterocycles. The van der Waals surface area contributed by atoms with Gasteiger partial charge in [0, 0.05) is 18.8 Å². The molecule has 1 saturated carbocycles. The molecule has 1 aliphatic carbocycles. The van der Waals surface area contributed by atoms with Crippen molar-refractivity contribution in [2.75, 3.05) is 5.73 Å². The van der Waals surface area contributed by atoms with E-state index in [9.17, 15) is 8.78 Å². The quantitative estimate of drug-likeness (QED) is 0.789. The fourth-order valence-corrected chi connectivity index (χ4v) is 2.45. The largest absolute Gasteiger partial charge is 0.367 e. The van der Waals surface area contributed by atoms with Crippen LogP contribution in [-0.2, 0) is 0 Å². The summed E-state index contributed by atoms with van der Waals surface area (Å²) >= 11 is 1.23. The second kappa shape index (κ2) is 3.42. The Morgan fingerprint density at radius 1 is 1.36 bits per heavy atom. The van der Waals surface area contributed by atoms with Crippen LogP contribution in [0.3, 0.4) is 0 Å². The van der Waals surface area contributed by atoms with E-state index in [1.165, 1.54) is 11.5 Å². The topological polar surface area (TPSA) is 51.8 Å². The Balaban J connectivity index is 2.02. The summed E-state index contributed by atoms with van der Waals surface area (Å²) in [6, 6.07) is 0. The van der Waals surface area contributed by atoms with E-state index in [0.717, 1.165) is 5.01 Å². The lowest BCUT2D eigenvalue weighted by molar-refractivity contribution is -0.0382. The molecule has 2 N–H and O–H groups in total. The highest BCUT2D eigenvalue weighted by Gasteiger charge is 2.36. The molecule has 2 rings (SSSR count). The van der Waals surface area contributed by atoms with Gasteiger partial charge in [-0.1, -0.05) is 0 Å². The van der Waals surface area contributed by atoms with Gasteiger partial charge in [0.15, 0.2) is 0 Å². The van der Waals surface area contributed by atoms with E-state index in [-0.39, 0.29) is 24.7 Å². The fraction of sp³-hybridized carbons (Fsp3) is 0.750. The Morgan fingerprint density at radius 3 is 2.50 bits per heavy atom. The molecular formula is C8H11F2N3S. The third kappa shape index (κ3) is 2.00. The van der Waals surface area contributed by atoms with Gasteiger partial charge in [0.2, 0.25) is 11.9 Å². The van der Waals surface area contributed by atoms with Crippen molar-refractivity contribution >= 4 is 17.5 Å². The number of nitrogen functional groups attached to an aromatic ring is 1. The molecule has 14 heavy (non-hydrogen) atoms. The van der Waals surface area contributed by atoms with Gasteiger partial charge in [-0.15, -0.1) is 0 Å². The maximum absolute atomic E-state index is 12.8. The number of halogens is 2. The van der Waals surface area contributed by atoms with E-state index < -0.39 is 5.92 Å². The zero-order valence-corrected chi connectivity index (χ0v) is 8.36. The summed E-state index contributed by atoms with van der Waals surface area (Å²) in [7, 11) is 0. The highest BCUT2D eigenvalue weighted by molar-refractivity contribution is 7.05. The summed E-state index contributed by atoms with van der Waals surface area (Å²) in [6.45, 7) is 0. The maximum Gasteiger partial charge on any atom is 0.248 e. The number of nitrogens with two attached hydrogens (primary N) is 1. The molecule has 6 heteroatoms. The van der Waals surface area contributed by atoms with Crippen LogP contribution in [0.25, 0.3) is 0 Å². The smallest absolute Gasteiger partial charge is 0.248 e. The van der Waals surface area contributed by atoms with Gasteiger partial charge in [-0.2, -0.15) is 4.37 Å². The first kappa shape index (κ1) is 9.76. The molecule has 0 bridgehead atoms. The molecule has 1 aromatic rings. The monoisotopic (exact) mass is 219 g/mol. The standard InChI is InChI=1S/C8H11F2N3S/c9-8(10)3-1-5(2-4-8)6-12-7(11)13-14-6/h5H,1-4H2,(H2,11,13).